The molecule has 0 atom stereocenters. The number of aromatic nitrogens is 5. The fourth-order valence-corrected chi connectivity index (χ4v) is 5.69. The zero-order valence-electron chi connectivity index (χ0n) is 24.3. The molecule has 1 aliphatic carbocycles. The van der Waals surface area contributed by atoms with Gasteiger partial charge in [0.15, 0.2) is 5.82 Å². The normalized spacial score (nSPS) is 15.7. The molecule has 3 aromatic heterocycles. The van der Waals surface area contributed by atoms with Crippen LogP contribution in [0.15, 0.2) is 53.7 Å². The number of hydrogen-bond acceptors (Lipinski definition) is 6. The summed E-state index contributed by atoms with van der Waals surface area (Å²) in [7, 11) is 1.81. The number of hydrogen-bond donors (Lipinski definition) is 1. The van der Waals surface area contributed by atoms with Crippen molar-refractivity contribution in [1.29, 1.82) is 0 Å². The van der Waals surface area contributed by atoms with E-state index in [1.807, 2.05) is 26.1 Å². The predicted molar refractivity (Wildman–Crippen MR) is 160 cm³/mol. The Balaban J connectivity index is 1.37. The molecule has 9 nitrogen and oxygen atoms in total. The number of carbonyl (C=O) groups excluding carboxylic acids is 1. The summed E-state index contributed by atoms with van der Waals surface area (Å²) in [6, 6.07) is 9.96. The van der Waals surface area contributed by atoms with Crippen molar-refractivity contribution in [2.75, 3.05) is 18.4 Å². The van der Waals surface area contributed by atoms with Crippen LogP contribution < -0.4 is 10.9 Å². The number of aryl methyl sites for hydroxylation is 1. The predicted octanol–water partition coefficient (Wildman–Crippen LogP) is 5.54. The van der Waals surface area contributed by atoms with Crippen LogP contribution in [-0.4, -0.2) is 48.2 Å². The van der Waals surface area contributed by atoms with Crippen LogP contribution >= 0.6 is 0 Å². The minimum Gasteiger partial charge on any atom is -0.317 e. The maximum atomic E-state index is 14.4. The summed E-state index contributed by atoms with van der Waals surface area (Å²) < 4.78 is 17.8. The maximum Gasteiger partial charge on any atom is 0.263 e. The van der Waals surface area contributed by atoms with Gasteiger partial charge in [0.25, 0.3) is 11.5 Å². The van der Waals surface area contributed by atoms with Gasteiger partial charge in [0.05, 0.1) is 0 Å². The van der Waals surface area contributed by atoms with Crippen molar-refractivity contribution in [3.05, 3.63) is 81.9 Å². The summed E-state index contributed by atoms with van der Waals surface area (Å²) in [6.45, 7) is 6.61. The second-order valence-electron chi connectivity index (χ2n) is 11.8. The molecule has 1 saturated heterocycles. The average Bonchev–Trinajstić information content (AvgIpc) is 3.74. The monoisotopic (exact) mass is 569 g/mol. The topological polar surface area (TPSA) is 97.9 Å². The third-order valence-corrected chi connectivity index (χ3v) is 8.08. The van der Waals surface area contributed by atoms with Gasteiger partial charge in [-0.15, -0.1) is 10.2 Å². The third-order valence-electron chi connectivity index (χ3n) is 8.08. The quantitative estimate of drug-likeness (QED) is 0.299. The van der Waals surface area contributed by atoms with Crippen LogP contribution in [0.2, 0.25) is 0 Å². The minimum atomic E-state index is -0.492. The van der Waals surface area contributed by atoms with Gasteiger partial charge in [-0.2, -0.15) is 0 Å². The highest BCUT2D eigenvalue weighted by Crippen LogP contribution is 2.42. The Labute approximate surface area is 244 Å². The molecular formula is C32H36FN7O2. The minimum absolute atomic E-state index is 0.0919. The molecule has 218 valence electrons. The first-order valence-corrected chi connectivity index (χ1v) is 14.7. The van der Waals surface area contributed by atoms with Gasteiger partial charge < -0.3 is 14.5 Å². The number of anilines is 1. The number of pyridine rings is 2. The Morgan fingerprint density at radius 3 is 2.55 bits per heavy atom. The molecule has 2 aliphatic rings. The molecular weight excluding hydrogens is 533 g/mol. The van der Waals surface area contributed by atoms with E-state index >= 15 is 0 Å². The lowest BCUT2D eigenvalue weighted by Gasteiger charge is -2.27. The van der Waals surface area contributed by atoms with Crippen molar-refractivity contribution in [2.24, 2.45) is 7.05 Å². The van der Waals surface area contributed by atoms with Crippen LogP contribution in [-0.2, 0) is 13.6 Å². The zero-order valence-corrected chi connectivity index (χ0v) is 24.3. The Hall–Kier alpha value is -4.18. The number of halogens is 1. The smallest absolute Gasteiger partial charge is 0.263 e. The molecule has 0 spiro atoms. The number of rotatable bonds is 8. The fraction of sp³-hybridized carbons (Fsp3) is 0.406. The average molecular weight is 570 g/mol. The first-order chi connectivity index (χ1) is 20.3. The second-order valence-corrected chi connectivity index (χ2v) is 11.8. The standard InChI is InChI=1S/C32H36FN7O2/c1-20(2)40-18-21(17-39-11-5-4-6-12-39)13-27(32(40)42)31(41)36-29-15-23(14-28(35-29)22-7-8-22)25-10-9-24(33)16-26(25)30-37-34-19-38(30)3/h9-10,13-16,18-20,22H,4-8,11-12,17H2,1-3H3,(H,35,36,41). The molecule has 0 bridgehead atoms. The number of nitrogens with zero attached hydrogens (tertiary/aromatic N) is 6. The first kappa shape index (κ1) is 28.0. The van der Waals surface area contributed by atoms with E-state index in [9.17, 15) is 14.0 Å². The Morgan fingerprint density at radius 1 is 1.07 bits per heavy atom. The number of piperidine rings is 1. The lowest BCUT2D eigenvalue weighted by Crippen LogP contribution is -2.33. The molecule has 0 unspecified atom stereocenters. The van der Waals surface area contributed by atoms with Crippen molar-refractivity contribution < 1.29 is 9.18 Å². The summed E-state index contributed by atoms with van der Waals surface area (Å²) in [4.78, 5) is 34.2. The highest BCUT2D eigenvalue weighted by atomic mass is 19.1. The van der Waals surface area contributed by atoms with Crippen molar-refractivity contribution in [1.82, 2.24) is 29.2 Å². The SMILES string of the molecule is CC(C)n1cc(CN2CCCCC2)cc(C(=O)Nc2cc(-c3ccc(F)cc3-c3nncn3C)cc(C3CC3)n2)c1=O. The zero-order chi connectivity index (χ0) is 29.4. The largest absolute Gasteiger partial charge is 0.317 e. The van der Waals surface area contributed by atoms with Crippen LogP contribution in [0.5, 0.6) is 0 Å². The first-order valence-electron chi connectivity index (χ1n) is 14.7. The van der Waals surface area contributed by atoms with Crippen LogP contribution in [0.1, 0.15) is 79.5 Å². The molecule has 1 amide bonds. The number of amides is 1. The van der Waals surface area contributed by atoms with E-state index in [2.05, 4.69) is 20.4 Å². The molecule has 10 heteroatoms. The van der Waals surface area contributed by atoms with Crippen molar-refractivity contribution in [3.8, 4) is 22.5 Å². The number of nitrogens with one attached hydrogen (secondary N) is 1. The van der Waals surface area contributed by atoms with Crippen LogP contribution in [0.4, 0.5) is 10.2 Å². The highest BCUT2D eigenvalue weighted by molar-refractivity contribution is 6.04. The van der Waals surface area contributed by atoms with E-state index in [1.165, 1.54) is 18.6 Å². The number of benzene rings is 1. The van der Waals surface area contributed by atoms with Gasteiger partial charge in [-0.05, 0) is 99.6 Å². The molecule has 4 heterocycles. The summed E-state index contributed by atoms with van der Waals surface area (Å²) in [5, 5.41) is 11.1. The molecule has 0 radical (unpaired) electrons. The Kier molecular flexibility index (Phi) is 7.72. The summed E-state index contributed by atoms with van der Waals surface area (Å²) in [5.74, 6) is 0.302. The molecule has 1 saturated carbocycles. The van der Waals surface area contributed by atoms with Gasteiger partial charge in [0, 0.05) is 43.0 Å². The van der Waals surface area contributed by atoms with Gasteiger partial charge in [-0.3, -0.25) is 14.5 Å². The lowest BCUT2D eigenvalue weighted by molar-refractivity contribution is 0.102. The van der Waals surface area contributed by atoms with Crippen molar-refractivity contribution in [2.45, 2.75) is 64.5 Å². The third kappa shape index (κ3) is 5.90. The molecule has 2 fully saturated rings. The fourth-order valence-electron chi connectivity index (χ4n) is 5.69. The molecule has 6 rings (SSSR count). The number of carbonyl (C=O) groups is 1. The molecule has 42 heavy (non-hydrogen) atoms. The van der Waals surface area contributed by atoms with Gasteiger partial charge in [-0.25, -0.2) is 9.37 Å². The van der Waals surface area contributed by atoms with Crippen molar-refractivity contribution in [3.63, 3.8) is 0 Å². The molecule has 1 aromatic carbocycles. The Bertz CT molecular complexity index is 1680. The maximum absolute atomic E-state index is 14.4. The summed E-state index contributed by atoms with van der Waals surface area (Å²) in [6.07, 6.45) is 9.04. The van der Waals surface area contributed by atoms with Crippen LogP contribution in [0, 0.1) is 5.82 Å². The van der Waals surface area contributed by atoms with Crippen LogP contribution in [0.25, 0.3) is 22.5 Å². The van der Waals surface area contributed by atoms with Gasteiger partial charge in [0.1, 0.15) is 23.5 Å². The summed E-state index contributed by atoms with van der Waals surface area (Å²) >= 11 is 0. The van der Waals surface area contributed by atoms with E-state index in [0.717, 1.165) is 61.2 Å². The van der Waals surface area contributed by atoms with E-state index in [4.69, 9.17) is 4.98 Å². The van der Waals surface area contributed by atoms with Crippen LogP contribution in [0.3, 0.4) is 0 Å². The Morgan fingerprint density at radius 2 is 1.86 bits per heavy atom. The van der Waals surface area contributed by atoms with Gasteiger partial charge in [-0.1, -0.05) is 12.5 Å². The highest BCUT2D eigenvalue weighted by Gasteiger charge is 2.27. The number of likely N-dealkylation sites (tertiary alicyclic amines) is 1. The molecule has 1 aliphatic heterocycles. The molecule has 4 aromatic rings. The van der Waals surface area contributed by atoms with E-state index in [-0.39, 0.29) is 23.0 Å². The van der Waals surface area contributed by atoms with Crippen molar-refractivity contribution >= 4 is 11.7 Å². The second kappa shape index (κ2) is 11.6. The van der Waals surface area contributed by atoms with E-state index < -0.39 is 5.91 Å². The van der Waals surface area contributed by atoms with Gasteiger partial charge >= 0.3 is 0 Å². The molecule has 1 N–H and O–H groups in total. The van der Waals surface area contributed by atoms with E-state index in [0.29, 0.717) is 29.7 Å². The summed E-state index contributed by atoms with van der Waals surface area (Å²) in [5.41, 5.74) is 3.68. The van der Waals surface area contributed by atoms with E-state index in [1.54, 1.807) is 40.7 Å². The lowest BCUT2D eigenvalue weighted by atomic mass is 9.98. The van der Waals surface area contributed by atoms with Gasteiger partial charge in [0.2, 0.25) is 0 Å².